The van der Waals surface area contributed by atoms with E-state index >= 15 is 0 Å². The van der Waals surface area contributed by atoms with Crippen LogP contribution >= 0.6 is 15.9 Å². The maximum absolute atomic E-state index is 12.6. The summed E-state index contributed by atoms with van der Waals surface area (Å²) in [5, 5.41) is 2.40. The van der Waals surface area contributed by atoms with Gasteiger partial charge in [-0.05, 0) is 31.2 Å². The van der Waals surface area contributed by atoms with E-state index in [2.05, 4.69) is 21.2 Å². The third-order valence-corrected chi connectivity index (χ3v) is 2.85. The second-order valence-electron chi connectivity index (χ2n) is 3.63. The van der Waals surface area contributed by atoms with E-state index in [1.54, 1.807) is 0 Å². The lowest BCUT2D eigenvalue weighted by molar-refractivity contribution is -0.138. The van der Waals surface area contributed by atoms with Crippen LogP contribution in [-0.4, -0.2) is 12.5 Å². The summed E-state index contributed by atoms with van der Waals surface area (Å²) in [7, 11) is 0. The van der Waals surface area contributed by atoms with Gasteiger partial charge in [0, 0.05) is 16.6 Å². The number of rotatable bonds is 4. The molecule has 1 aromatic carbocycles. The van der Waals surface area contributed by atoms with E-state index in [9.17, 15) is 18.0 Å². The third kappa shape index (κ3) is 4.30. The standard InChI is InChI=1S/C11H12BrF3N2O/c12-9-4-3-7(6-8(9)11(13,14)15)17-10(18)2-1-5-16/h3-4,6H,1-2,5,16H2,(H,17,18). The Morgan fingerprint density at radius 2 is 2.06 bits per heavy atom. The Hall–Kier alpha value is -1.08. The van der Waals surface area contributed by atoms with Gasteiger partial charge in [-0.1, -0.05) is 15.9 Å². The van der Waals surface area contributed by atoms with Crippen LogP contribution in [0.3, 0.4) is 0 Å². The molecule has 0 aliphatic heterocycles. The number of carbonyl (C=O) groups excluding carboxylic acids is 1. The second-order valence-corrected chi connectivity index (χ2v) is 4.49. The summed E-state index contributed by atoms with van der Waals surface area (Å²) < 4.78 is 37.8. The van der Waals surface area contributed by atoms with Gasteiger partial charge < -0.3 is 11.1 Å². The van der Waals surface area contributed by atoms with Crippen LogP contribution in [-0.2, 0) is 11.0 Å². The summed E-state index contributed by atoms with van der Waals surface area (Å²) in [5.74, 6) is -0.351. The maximum atomic E-state index is 12.6. The van der Waals surface area contributed by atoms with Crippen molar-refractivity contribution in [1.82, 2.24) is 0 Å². The number of carbonyl (C=O) groups is 1. The summed E-state index contributed by atoms with van der Waals surface area (Å²) in [5.41, 5.74) is 4.53. The van der Waals surface area contributed by atoms with Crippen LogP contribution in [0.1, 0.15) is 18.4 Å². The fourth-order valence-electron chi connectivity index (χ4n) is 1.31. The molecule has 0 aliphatic rings. The Morgan fingerprint density at radius 1 is 1.39 bits per heavy atom. The molecule has 0 heterocycles. The molecule has 0 saturated heterocycles. The van der Waals surface area contributed by atoms with Gasteiger partial charge >= 0.3 is 6.18 Å². The lowest BCUT2D eigenvalue weighted by Crippen LogP contribution is -2.14. The first-order valence-corrected chi connectivity index (χ1v) is 6.00. The smallest absolute Gasteiger partial charge is 0.330 e. The molecule has 100 valence electrons. The molecule has 1 rings (SSSR count). The fourth-order valence-corrected chi connectivity index (χ4v) is 1.78. The number of amides is 1. The molecule has 0 radical (unpaired) electrons. The highest BCUT2D eigenvalue weighted by Gasteiger charge is 2.33. The van der Waals surface area contributed by atoms with E-state index in [0.717, 1.165) is 6.07 Å². The van der Waals surface area contributed by atoms with Crippen molar-refractivity contribution in [2.45, 2.75) is 19.0 Å². The van der Waals surface area contributed by atoms with Gasteiger partial charge in [0.25, 0.3) is 0 Å². The molecular weight excluding hydrogens is 313 g/mol. The number of halogens is 4. The van der Waals surface area contributed by atoms with E-state index in [0.29, 0.717) is 13.0 Å². The molecule has 0 atom stereocenters. The van der Waals surface area contributed by atoms with Crippen molar-refractivity contribution in [3.63, 3.8) is 0 Å². The zero-order valence-electron chi connectivity index (χ0n) is 9.35. The molecule has 0 aliphatic carbocycles. The molecule has 3 nitrogen and oxygen atoms in total. The van der Waals surface area contributed by atoms with Gasteiger partial charge in [-0.25, -0.2) is 0 Å². The first-order chi connectivity index (χ1) is 8.34. The number of nitrogens with one attached hydrogen (secondary N) is 1. The summed E-state index contributed by atoms with van der Waals surface area (Å²) in [6.45, 7) is 0.363. The van der Waals surface area contributed by atoms with Crippen LogP contribution in [0.25, 0.3) is 0 Å². The van der Waals surface area contributed by atoms with Crippen molar-refractivity contribution in [1.29, 1.82) is 0 Å². The molecule has 1 amide bonds. The van der Waals surface area contributed by atoms with E-state index in [1.807, 2.05) is 0 Å². The normalized spacial score (nSPS) is 11.4. The van der Waals surface area contributed by atoms with Crippen molar-refractivity contribution in [3.8, 4) is 0 Å². The number of hydrogen-bond donors (Lipinski definition) is 2. The second kappa shape index (κ2) is 6.19. The van der Waals surface area contributed by atoms with Crippen molar-refractivity contribution in [2.75, 3.05) is 11.9 Å². The molecule has 0 fully saturated rings. The van der Waals surface area contributed by atoms with Gasteiger partial charge in [-0.3, -0.25) is 4.79 Å². The Morgan fingerprint density at radius 3 is 2.61 bits per heavy atom. The number of alkyl halides is 3. The SMILES string of the molecule is NCCCC(=O)Nc1ccc(Br)c(C(F)(F)F)c1. The van der Waals surface area contributed by atoms with Crippen LogP contribution in [0.5, 0.6) is 0 Å². The largest absolute Gasteiger partial charge is 0.417 e. The predicted octanol–water partition coefficient (Wildman–Crippen LogP) is 3.15. The molecule has 0 aromatic heterocycles. The average Bonchev–Trinajstić information content (AvgIpc) is 2.27. The Bertz CT molecular complexity index is 435. The minimum atomic E-state index is -4.46. The van der Waals surface area contributed by atoms with Crippen LogP contribution in [0.4, 0.5) is 18.9 Å². The summed E-state index contributed by atoms with van der Waals surface area (Å²) >= 11 is 2.83. The minimum absolute atomic E-state index is 0.0602. The maximum Gasteiger partial charge on any atom is 0.417 e. The van der Waals surface area contributed by atoms with E-state index in [-0.39, 0.29) is 22.5 Å². The molecule has 1 aromatic rings. The molecule has 3 N–H and O–H groups in total. The van der Waals surface area contributed by atoms with Gasteiger partial charge in [0.05, 0.1) is 5.56 Å². The lowest BCUT2D eigenvalue weighted by Gasteiger charge is -2.11. The molecule has 18 heavy (non-hydrogen) atoms. The average molecular weight is 325 g/mol. The molecule has 0 unspecified atom stereocenters. The minimum Gasteiger partial charge on any atom is -0.330 e. The third-order valence-electron chi connectivity index (χ3n) is 2.16. The van der Waals surface area contributed by atoms with Gasteiger partial charge in [-0.15, -0.1) is 0 Å². The van der Waals surface area contributed by atoms with E-state index < -0.39 is 11.7 Å². The zero-order chi connectivity index (χ0) is 13.8. The predicted molar refractivity (Wildman–Crippen MR) is 66.1 cm³/mol. The quantitative estimate of drug-likeness (QED) is 0.893. The van der Waals surface area contributed by atoms with Crippen LogP contribution in [0.2, 0.25) is 0 Å². The zero-order valence-corrected chi connectivity index (χ0v) is 10.9. The van der Waals surface area contributed by atoms with Crippen molar-refractivity contribution >= 4 is 27.5 Å². The van der Waals surface area contributed by atoms with E-state index in [4.69, 9.17) is 5.73 Å². The topological polar surface area (TPSA) is 55.1 Å². The summed E-state index contributed by atoms with van der Waals surface area (Å²) in [6.07, 6.45) is -3.78. The number of anilines is 1. The van der Waals surface area contributed by atoms with Crippen molar-refractivity contribution < 1.29 is 18.0 Å². The first-order valence-electron chi connectivity index (χ1n) is 5.21. The number of hydrogen-bond acceptors (Lipinski definition) is 2. The Kier molecular flexibility index (Phi) is 5.15. The molecule has 0 saturated carbocycles. The van der Waals surface area contributed by atoms with Gasteiger partial charge in [0.1, 0.15) is 0 Å². The number of benzene rings is 1. The fraction of sp³-hybridized carbons (Fsp3) is 0.364. The van der Waals surface area contributed by atoms with Crippen molar-refractivity contribution in [3.05, 3.63) is 28.2 Å². The lowest BCUT2D eigenvalue weighted by atomic mass is 10.2. The molecular formula is C11H12BrF3N2O. The number of nitrogens with two attached hydrogens (primary N) is 1. The highest BCUT2D eigenvalue weighted by molar-refractivity contribution is 9.10. The highest BCUT2D eigenvalue weighted by atomic mass is 79.9. The molecule has 0 bridgehead atoms. The monoisotopic (exact) mass is 324 g/mol. The highest BCUT2D eigenvalue weighted by Crippen LogP contribution is 2.36. The Balaban J connectivity index is 2.83. The summed E-state index contributed by atoms with van der Waals surface area (Å²) in [4.78, 5) is 11.4. The van der Waals surface area contributed by atoms with Crippen LogP contribution in [0, 0.1) is 0 Å². The van der Waals surface area contributed by atoms with Gasteiger partial charge in [0.15, 0.2) is 0 Å². The molecule has 7 heteroatoms. The van der Waals surface area contributed by atoms with Crippen LogP contribution in [0.15, 0.2) is 22.7 Å². The van der Waals surface area contributed by atoms with Gasteiger partial charge in [0.2, 0.25) is 5.91 Å². The van der Waals surface area contributed by atoms with Crippen molar-refractivity contribution in [2.24, 2.45) is 5.73 Å². The first kappa shape index (κ1) is 15.0. The van der Waals surface area contributed by atoms with Gasteiger partial charge in [-0.2, -0.15) is 13.2 Å². The van der Waals surface area contributed by atoms with E-state index in [1.165, 1.54) is 12.1 Å². The summed E-state index contributed by atoms with van der Waals surface area (Å²) in [6, 6.07) is 3.55. The Labute approximate surface area is 111 Å². The molecule has 0 spiro atoms. The van der Waals surface area contributed by atoms with Crippen LogP contribution < -0.4 is 11.1 Å².